The van der Waals surface area contributed by atoms with Crippen molar-refractivity contribution in [3.05, 3.63) is 77.8 Å². The lowest BCUT2D eigenvalue weighted by molar-refractivity contribution is -0.148. The minimum absolute atomic E-state index is 0.0577. The molecule has 1 heterocycles. The van der Waals surface area contributed by atoms with E-state index in [0.717, 1.165) is 17.7 Å². The first-order chi connectivity index (χ1) is 14.0. The monoisotopic (exact) mass is 400 g/mol. The van der Waals surface area contributed by atoms with Crippen molar-refractivity contribution in [2.24, 2.45) is 0 Å². The number of amides is 1. The van der Waals surface area contributed by atoms with Crippen LogP contribution in [0.3, 0.4) is 0 Å². The lowest BCUT2D eigenvalue weighted by atomic mass is 10.2. The van der Waals surface area contributed by atoms with E-state index in [9.17, 15) is 18.4 Å². The molecule has 0 saturated carbocycles. The number of halogens is 2. The van der Waals surface area contributed by atoms with E-state index in [-0.39, 0.29) is 36.7 Å². The molecule has 0 aliphatic heterocycles. The summed E-state index contributed by atoms with van der Waals surface area (Å²) >= 11 is 0. The number of rotatable bonds is 8. The molecule has 3 rings (SSSR count). The van der Waals surface area contributed by atoms with Crippen molar-refractivity contribution in [3.8, 4) is 11.3 Å². The van der Waals surface area contributed by atoms with Crippen LogP contribution in [0.5, 0.6) is 0 Å². The first-order valence-corrected chi connectivity index (χ1v) is 8.87. The number of hydrogen-bond acceptors (Lipinski definition) is 5. The highest BCUT2D eigenvalue weighted by Crippen LogP contribution is 2.24. The maximum absolute atomic E-state index is 13.8. The summed E-state index contributed by atoms with van der Waals surface area (Å²) in [6, 6.07) is 12.4. The molecule has 1 amide bonds. The molecule has 150 valence electrons. The zero-order valence-electron chi connectivity index (χ0n) is 15.4. The van der Waals surface area contributed by atoms with Crippen LogP contribution in [0.1, 0.15) is 17.9 Å². The van der Waals surface area contributed by atoms with Gasteiger partial charge in [0.15, 0.2) is 18.3 Å². The minimum atomic E-state index is -0.770. The number of carbonyl (C=O) groups is 2. The minimum Gasteiger partial charge on any atom is -0.456 e. The smallest absolute Gasteiger partial charge is 0.306 e. The average Bonchev–Trinajstić information content (AvgIpc) is 3.18. The molecular formula is C21H18F2N2O4. The quantitative estimate of drug-likeness (QED) is 0.586. The Morgan fingerprint density at radius 2 is 1.90 bits per heavy atom. The van der Waals surface area contributed by atoms with Gasteiger partial charge in [-0.2, -0.15) is 0 Å². The summed E-state index contributed by atoms with van der Waals surface area (Å²) in [5.74, 6) is -2.13. The van der Waals surface area contributed by atoms with Gasteiger partial charge in [0.1, 0.15) is 11.6 Å². The predicted octanol–water partition coefficient (Wildman–Crippen LogP) is 3.41. The standard InChI is InChI=1S/C21H18F2N2O4/c22-15-6-7-16(17(23)10-15)18-12-25-20(29-18)8-9-21(27)28-13-19(26)24-11-14-4-2-1-3-5-14/h1-7,10,12H,8-9,11,13H2,(H,24,26). The van der Waals surface area contributed by atoms with Crippen LogP contribution in [0.2, 0.25) is 0 Å². The fourth-order valence-corrected chi connectivity index (χ4v) is 2.51. The van der Waals surface area contributed by atoms with Gasteiger partial charge in [-0.25, -0.2) is 13.8 Å². The fraction of sp³-hybridized carbons (Fsp3) is 0.190. The Morgan fingerprint density at radius 3 is 2.66 bits per heavy atom. The highest BCUT2D eigenvalue weighted by molar-refractivity contribution is 5.80. The van der Waals surface area contributed by atoms with Crippen molar-refractivity contribution < 1.29 is 27.5 Å². The van der Waals surface area contributed by atoms with E-state index in [1.165, 1.54) is 12.3 Å². The lowest BCUT2D eigenvalue weighted by Crippen LogP contribution is -2.28. The summed E-state index contributed by atoms with van der Waals surface area (Å²) in [5, 5.41) is 2.65. The van der Waals surface area contributed by atoms with Crippen molar-refractivity contribution in [2.75, 3.05) is 6.61 Å². The number of hydrogen-bond donors (Lipinski definition) is 1. The topological polar surface area (TPSA) is 81.4 Å². The SMILES string of the molecule is O=C(COC(=O)CCc1ncc(-c2ccc(F)cc2F)o1)NCc1ccccc1. The van der Waals surface area contributed by atoms with Gasteiger partial charge >= 0.3 is 5.97 Å². The maximum Gasteiger partial charge on any atom is 0.306 e. The van der Waals surface area contributed by atoms with Crippen LogP contribution >= 0.6 is 0 Å². The molecule has 29 heavy (non-hydrogen) atoms. The Morgan fingerprint density at radius 1 is 1.10 bits per heavy atom. The van der Waals surface area contributed by atoms with Crippen LogP contribution in [0.4, 0.5) is 8.78 Å². The molecule has 1 N–H and O–H groups in total. The largest absolute Gasteiger partial charge is 0.456 e. The number of esters is 1. The summed E-state index contributed by atoms with van der Waals surface area (Å²) in [6.45, 7) is -0.0421. The van der Waals surface area contributed by atoms with E-state index in [2.05, 4.69) is 10.3 Å². The molecule has 3 aromatic rings. The Balaban J connectivity index is 1.41. The number of benzene rings is 2. The summed E-state index contributed by atoms with van der Waals surface area (Å²) < 4.78 is 37.1. The van der Waals surface area contributed by atoms with E-state index in [4.69, 9.17) is 9.15 Å². The fourth-order valence-electron chi connectivity index (χ4n) is 2.51. The van der Waals surface area contributed by atoms with Crippen molar-refractivity contribution in [1.82, 2.24) is 10.3 Å². The summed E-state index contributed by atoms with van der Waals surface area (Å²) in [6.07, 6.45) is 1.36. The van der Waals surface area contributed by atoms with Gasteiger partial charge in [-0.3, -0.25) is 9.59 Å². The van der Waals surface area contributed by atoms with E-state index in [1.807, 2.05) is 30.3 Å². The van der Waals surface area contributed by atoms with Crippen molar-refractivity contribution in [1.29, 1.82) is 0 Å². The highest BCUT2D eigenvalue weighted by atomic mass is 19.1. The second kappa shape index (κ2) is 9.59. The molecule has 0 spiro atoms. The summed E-state index contributed by atoms with van der Waals surface area (Å²) in [7, 11) is 0. The van der Waals surface area contributed by atoms with Gasteiger partial charge in [0, 0.05) is 19.0 Å². The Bertz CT molecular complexity index is 989. The zero-order valence-corrected chi connectivity index (χ0v) is 15.4. The molecule has 0 aliphatic carbocycles. The van der Waals surface area contributed by atoms with Crippen molar-refractivity contribution in [3.63, 3.8) is 0 Å². The van der Waals surface area contributed by atoms with Gasteiger partial charge in [0.2, 0.25) is 0 Å². The van der Waals surface area contributed by atoms with Gasteiger partial charge in [0.25, 0.3) is 5.91 Å². The summed E-state index contributed by atoms with van der Waals surface area (Å²) in [4.78, 5) is 27.5. The molecule has 0 atom stereocenters. The third kappa shape index (κ3) is 5.97. The summed E-state index contributed by atoms with van der Waals surface area (Å²) in [5.41, 5.74) is 1.01. The third-order valence-corrected chi connectivity index (χ3v) is 3.99. The third-order valence-electron chi connectivity index (χ3n) is 3.99. The van der Waals surface area contributed by atoms with Crippen LogP contribution in [0.25, 0.3) is 11.3 Å². The molecule has 0 aliphatic rings. The van der Waals surface area contributed by atoms with E-state index >= 15 is 0 Å². The molecule has 0 bridgehead atoms. The van der Waals surface area contributed by atoms with Gasteiger partial charge in [-0.1, -0.05) is 30.3 Å². The Hall–Kier alpha value is -3.55. The van der Waals surface area contributed by atoms with Crippen molar-refractivity contribution in [2.45, 2.75) is 19.4 Å². The molecule has 0 radical (unpaired) electrons. The second-order valence-corrected chi connectivity index (χ2v) is 6.17. The lowest BCUT2D eigenvalue weighted by Gasteiger charge is -2.06. The molecule has 8 heteroatoms. The number of aromatic nitrogens is 1. The van der Waals surface area contributed by atoms with E-state index in [0.29, 0.717) is 6.54 Å². The number of carbonyl (C=O) groups excluding carboxylic acids is 2. The van der Waals surface area contributed by atoms with Gasteiger partial charge in [0.05, 0.1) is 18.2 Å². The van der Waals surface area contributed by atoms with Crippen molar-refractivity contribution >= 4 is 11.9 Å². The Labute approximate surface area is 165 Å². The molecule has 2 aromatic carbocycles. The second-order valence-electron chi connectivity index (χ2n) is 6.17. The van der Waals surface area contributed by atoms with Gasteiger partial charge in [-0.05, 0) is 17.7 Å². The first kappa shape index (κ1) is 20.2. The molecular weight excluding hydrogens is 382 g/mol. The first-order valence-electron chi connectivity index (χ1n) is 8.87. The number of nitrogens with zero attached hydrogens (tertiary/aromatic N) is 1. The normalized spacial score (nSPS) is 10.6. The molecule has 0 saturated heterocycles. The average molecular weight is 400 g/mol. The van der Waals surface area contributed by atoms with Crippen LogP contribution in [-0.4, -0.2) is 23.5 Å². The van der Waals surface area contributed by atoms with Crippen LogP contribution in [0, 0.1) is 11.6 Å². The van der Waals surface area contributed by atoms with E-state index in [1.54, 1.807) is 0 Å². The van der Waals surface area contributed by atoms with Crippen LogP contribution < -0.4 is 5.32 Å². The van der Waals surface area contributed by atoms with Gasteiger partial charge in [-0.15, -0.1) is 0 Å². The van der Waals surface area contributed by atoms with Gasteiger partial charge < -0.3 is 14.5 Å². The maximum atomic E-state index is 13.8. The Kier molecular flexibility index (Phi) is 6.67. The van der Waals surface area contributed by atoms with Crippen LogP contribution in [-0.2, 0) is 27.3 Å². The zero-order chi connectivity index (χ0) is 20.6. The number of aryl methyl sites for hydroxylation is 1. The molecule has 0 unspecified atom stereocenters. The number of ether oxygens (including phenoxy) is 1. The van der Waals surface area contributed by atoms with Crippen LogP contribution in [0.15, 0.2) is 59.1 Å². The van der Waals surface area contributed by atoms with E-state index < -0.39 is 23.5 Å². The predicted molar refractivity (Wildman–Crippen MR) is 99.4 cm³/mol. The number of oxazole rings is 1. The highest BCUT2D eigenvalue weighted by Gasteiger charge is 2.14. The molecule has 1 aromatic heterocycles. The molecule has 6 nitrogen and oxygen atoms in total. The molecule has 0 fully saturated rings. The number of nitrogens with one attached hydrogen (secondary N) is 1.